The maximum Gasteiger partial charge on any atom is 0.325 e. The van der Waals surface area contributed by atoms with Gasteiger partial charge in [0.05, 0.1) is 11.6 Å². The molecule has 0 spiro atoms. The highest BCUT2D eigenvalue weighted by Gasteiger charge is 2.50. The zero-order chi connectivity index (χ0) is 19.0. The van der Waals surface area contributed by atoms with Gasteiger partial charge in [-0.05, 0) is 47.0 Å². The number of hydrogen-bond acceptors (Lipinski definition) is 3. The summed E-state index contributed by atoms with van der Waals surface area (Å²) in [5, 5.41) is 13.6. The molecule has 1 fully saturated rings. The van der Waals surface area contributed by atoms with Crippen molar-refractivity contribution in [2.24, 2.45) is 0 Å². The minimum atomic E-state index is -1.13. The van der Waals surface area contributed by atoms with E-state index in [1.54, 1.807) is 36.1 Å². The van der Waals surface area contributed by atoms with E-state index in [1.807, 2.05) is 42.5 Å². The van der Waals surface area contributed by atoms with Crippen LogP contribution in [-0.4, -0.2) is 16.8 Å². The van der Waals surface area contributed by atoms with Crippen molar-refractivity contribution in [3.63, 3.8) is 0 Å². The number of nitrogens with one attached hydrogen (secondary N) is 1. The monoisotopic (exact) mass is 355 g/mol. The second kappa shape index (κ2) is 6.26. The summed E-state index contributed by atoms with van der Waals surface area (Å²) in [5.74, 6) is -0.363. The average Bonchev–Trinajstić information content (AvgIpc) is 2.92. The van der Waals surface area contributed by atoms with Crippen molar-refractivity contribution < 1.29 is 9.59 Å². The van der Waals surface area contributed by atoms with Crippen molar-refractivity contribution in [1.82, 2.24) is 10.2 Å². The molecule has 1 aliphatic rings. The van der Waals surface area contributed by atoms with Crippen LogP contribution < -0.4 is 5.32 Å². The third kappa shape index (κ3) is 2.72. The smallest absolute Gasteiger partial charge is 0.302 e. The Kier molecular flexibility index (Phi) is 3.89. The molecule has 5 heteroatoms. The lowest BCUT2D eigenvalue weighted by atomic mass is 9.89. The quantitative estimate of drug-likeness (QED) is 0.729. The summed E-state index contributed by atoms with van der Waals surface area (Å²) >= 11 is 0. The van der Waals surface area contributed by atoms with Gasteiger partial charge in [0, 0.05) is 6.54 Å². The molecule has 27 heavy (non-hydrogen) atoms. The number of nitrogens with zero attached hydrogens (tertiary/aromatic N) is 2. The zero-order valence-corrected chi connectivity index (χ0v) is 14.8. The molecule has 1 saturated heterocycles. The van der Waals surface area contributed by atoms with Gasteiger partial charge in [0.15, 0.2) is 0 Å². The Balaban J connectivity index is 1.72. The van der Waals surface area contributed by atoms with E-state index >= 15 is 0 Å². The van der Waals surface area contributed by atoms with E-state index in [4.69, 9.17) is 5.26 Å². The normalized spacial score (nSPS) is 19.2. The molecule has 1 aliphatic heterocycles. The van der Waals surface area contributed by atoms with Crippen molar-refractivity contribution in [1.29, 1.82) is 5.26 Å². The fraction of sp³-hybridized carbons (Fsp3) is 0.136. The third-order valence-electron chi connectivity index (χ3n) is 5.18. The molecule has 0 aromatic heterocycles. The summed E-state index contributed by atoms with van der Waals surface area (Å²) in [6.45, 7) is 2.04. The Labute approximate surface area is 156 Å². The van der Waals surface area contributed by atoms with Gasteiger partial charge in [-0.3, -0.25) is 10.1 Å². The molecule has 1 N–H and O–H groups in total. The standard InChI is InChI=1S/C22H17N3O2/c1-22(19-10-7-15(13-23)8-11-19)20(26)24-21(27)25(22)14-16-6-9-17-4-2-3-5-18(17)12-16/h2-12H,14H2,1H3,(H,24,26,27). The van der Waals surface area contributed by atoms with Crippen LogP contribution in [0.1, 0.15) is 23.6 Å². The highest BCUT2D eigenvalue weighted by atomic mass is 16.2. The van der Waals surface area contributed by atoms with Crippen LogP contribution in [0.4, 0.5) is 4.79 Å². The summed E-state index contributed by atoms with van der Waals surface area (Å²) in [4.78, 5) is 26.7. The van der Waals surface area contributed by atoms with E-state index in [2.05, 4.69) is 11.4 Å². The molecule has 0 radical (unpaired) electrons. The maximum atomic E-state index is 12.6. The van der Waals surface area contributed by atoms with Crippen LogP contribution in [0.3, 0.4) is 0 Å². The molecule has 0 saturated carbocycles. The number of benzene rings is 3. The highest BCUT2D eigenvalue weighted by Crippen LogP contribution is 2.34. The van der Waals surface area contributed by atoms with Gasteiger partial charge in [0.2, 0.25) is 0 Å². The Bertz CT molecular complexity index is 1100. The number of carbonyl (C=O) groups is 2. The lowest BCUT2D eigenvalue weighted by molar-refractivity contribution is -0.126. The molecule has 0 aliphatic carbocycles. The van der Waals surface area contributed by atoms with Crippen molar-refractivity contribution in [3.8, 4) is 6.07 Å². The number of imide groups is 1. The first-order valence-electron chi connectivity index (χ1n) is 8.64. The van der Waals surface area contributed by atoms with E-state index in [0.717, 1.165) is 16.3 Å². The maximum absolute atomic E-state index is 12.6. The van der Waals surface area contributed by atoms with Crippen molar-refractivity contribution >= 4 is 22.7 Å². The van der Waals surface area contributed by atoms with E-state index in [-0.39, 0.29) is 5.91 Å². The number of nitriles is 1. The van der Waals surface area contributed by atoms with E-state index < -0.39 is 11.6 Å². The van der Waals surface area contributed by atoms with Crippen molar-refractivity contribution in [2.75, 3.05) is 0 Å². The van der Waals surface area contributed by atoms with Gasteiger partial charge < -0.3 is 4.90 Å². The first-order valence-corrected chi connectivity index (χ1v) is 8.64. The lowest BCUT2D eigenvalue weighted by Crippen LogP contribution is -2.43. The van der Waals surface area contributed by atoms with Gasteiger partial charge in [-0.15, -0.1) is 0 Å². The van der Waals surface area contributed by atoms with Gasteiger partial charge in [0.25, 0.3) is 5.91 Å². The SMILES string of the molecule is CC1(c2ccc(C#N)cc2)C(=O)NC(=O)N1Cc1ccc2ccccc2c1. The van der Waals surface area contributed by atoms with E-state index in [1.165, 1.54) is 0 Å². The zero-order valence-electron chi connectivity index (χ0n) is 14.8. The Morgan fingerprint density at radius 2 is 1.70 bits per heavy atom. The summed E-state index contributed by atoms with van der Waals surface area (Å²) in [6.07, 6.45) is 0. The van der Waals surface area contributed by atoms with Gasteiger partial charge in [0.1, 0.15) is 5.54 Å². The van der Waals surface area contributed by atoms with Crippen molar-refractivity contribution in [2.45, 2.75) is 19.0 Å². The average molecular weight is 355 g/mol. The molecule has 1 atom stereocenters. The molecular weight excluding hydrogens is 338 g/mol. The Hall–Kier alpha value is -3.65. The highest BCUT2D eigenvalue weighted by molar-refractivity contribution is 6.07. The molecular formula is C22H17N3O2. The van der Waals surface area contributed by atoms with Gasteiger partial charge >= 0.3 is 6.03 Å². The van der Waals surface area contributed by atoms with Crippen molar-refractivity contribution in [3.05, 3.63) is 83.4 Å². The van der Waals surface area contributed by atoms with Crippen LogP contribution >= 0.6 is 0 Å². The van der Waals surface area contributed by atoms with Gasteiger partial charge in [-0.2, -0.15) is 5.26 Å². The van der Waals surface area contributed by atoms with Crippen LogP contribution in [0.5, 0.6) is 0 Å². The van der Waals surface area contributed by atoms with Crippen LogP contribution in [-0.2, 0) is 16.9 Å². The lowest BCUT2D eigenvalue weighted by Gasteiger charge is -2.32. The third-order valence-corrected chi connectivity index (χ3v) is 5.18. The molecule has 3 amide bonds. The first-order chi connectivity index (χ1) is 13.0. The number of hydrogen-bond donors (Lipinski definition) is 1. The second-order valence-corrected chi connectivity index (χ2v) is 6.79. The van der Waals surface area contributed by atoms with E-state index in [9.17, 15) is 9.59 Å². The molecule has 0 bridgehead atoms. The number of urea groups is 1. The fourth-order valence-corrected chi connectivity index (χ4v) is 3.52. The fourth-order valence-electron chi connectivity index (χ4n) is 3.52. The Morgan fingerprint density at radius 1 is 1.00 bits per heavy atom. The minimum Gasteiger partial charge on any atom is -0.302 e. The molecule has 4 rings (SSSR count). The number of fused-ring (bicyclic) bond motifs is 1. The van der Waals surface area contributed by atoms with Gasteiger partial charge in [-0.25, -0.2) is 4.79 Å². The summed E-state index contributed by atoms with van der Waals surface area (Å²) in [5.41, 5.74) is 0.994. The van der Waals surface area contributed by atoms with Gasteiger partial charge in [-0.1, -0.05) is 48.5 Å². The minimum absolute atomic E-state index is 0.304. The molecule has 3 aromatic rings. The molecule has 1 unspecified atom stereocenters. The number of rotatable bonds is 3. The molecule has 5 nitrogen and oxygen atoms in total. The number of carbonyl (C=O) groups excluding carboxylic acids is 2. The topological polar surface area (TPSA) is 73.2 Å². The van der Waals surface area contributed by atoms with E-state index in [0.29, 0.717) is 17.7 Å². The Morgan fingerprint density at radius 3 is 2.41 bits per heavy atom. The second-order valence-electron chi connectivity index (χ2n) is 6.79. The van der Waals surface area contributed by atoms with Crippen LogP contribution in [0, 0.1) is 11.3 Å². The molecule has 3 aromatic carbocycles. The van der Waals surface area contributed by atoms with Crippen LogP contribution in [0.2, 0.25) is 0 Å². The first kappa shape index (κ1) is 16.8. The predicted molar refractivity (Wildman–Crippen MR) is 102 cm³/mol. The molecule has 1 heterocycles. The van der Waals surface area contributed by atoms with Crippen LogP contribution in [0.15, 0.2) is 66.7 Å². The summed E-state index contributed by atoms with van der Waals surface area (Å²) < 4.78 is 0. The van der Waals surface area contributed by atoms with Crippen LogP contribution in [0.25, 0.3) is 10.8 Å². The summed E-state index contributed by atoms with van der Waals surface area (Å²) in [7, 11) is 0. The number of amides is 3. The molecule has 132 valence electrons. The summed E-state index contributed by atoms with van der Waals surface area (Å²) in [6, 6.07) is 22.4. The largest absolute Gasteiger partial charge is 0.325 e. The predicted octanol–water partition coefficient (Wildman–Crippen LogP) is 3.68.